The van der Waals surface area contributed by atoms with Crippen LogP contribution in [0.2, 0.25) is 0 Å². The third kappa shape index (κ3) is 2.80. The van der Waals surface area contributed by atoms with Crippen molar-refractivity contribution in [1.82, 2.24) is 4.90 Å². The number of carbonyl (C=O) groups excluding carboxylic acids is 1. The maximum Gasteiger partial charge on any atom is 0.411 e. The first-order chi connectivity index (χ1) is 11.2. The summed E-state index contributed by atoms with van der Waals surface area (Å²) in [5, 5.41) is 9.12. The van der Waals surface area contributed by atoms with Gasteiger partial charge in [0.05, 0.1) is 18.8 Å². The van der Waals surface area contributed by atoms with E-state index in [9.17, 15) is 9.59 Å². The Morgan fingerprint density at radius 3 is 2.71 bits per heavy atom. The number of fused-ring (bicyclic) bond motifs is 2. The minimum absolute atomic E-state index is 0.145. The van der Waals surface area contributed by atoms with E-state index in [2.05, 4.69) is 0 Å². The van der Waals surface area contributed by atoms with E-state index in [0.29, 0.717) is 18.9 Å². The topological polar surface area (TPSA) is 85.3 Å². The molecule has 0 radical (unpaired) electrons. The maximum atomic E-state index is 12.7. The second-order valence-corrected chi connectivity index (χ2v) is 7.02. The van der Waals surface area contributed by atoms with Crippen LogP contribution in [-0.4, -0.2) is 54.0 Å². The average Bonchev–Trinajstić information content (AvgIpc) is 2.84. The second-order valence-electron chi connectivity index (χ2n) is 7.02. The molecule has 7 heteroatoms. The van der Waals surface area contributed by atoms with Crippen LogP contribution in [0.4, 0.5) is 4.79 Å². The number of carboxylic acids is 1. The van der Waals surface area contributed by atoms with Gasteiger partial charge in [0.25, 0.3) is 0 Å². The fourth-order valence-electron chi connectivity index (χ4n) is 3.05. The molecular weight excluding hydrogens is 314 g/mol. The third-order valence-corrected chi connectivity index (χ3v) is 4.13. The van der Waals surface area contributed by atoms with E-state index >= 15 is 0 Å². The highest BCUT2D eigenvalue weighted by Crippen LogP contribution is 2.43. The number of rotatable bonds is 1. The molecule has 2 aliphatic rings. The van der Waals surface area contributed by atoms with Crippen LogP contribution in [-0.2, 0) is 15.0 Å². The summed E-state index contributed by atoms with van der Waals surface area (Å²) in [6.45, 7) is 6.75. The highest BCUT2D eigenvalue weighted by Gasteiger charge is 2.51. The lowest BCUT2D eigenvalue weighted by atomic mass is 9.89. The van der Waals surface area contributed by atoms with E-state index in [1.807, 2.05) is 20.8 Å². The number of amides is 1. The molecule has 0 unspecified atom stereocenters. The highest BCUT2D eigenvalue weighted by atomic mass is 16.6. The van der Waals surface area contributed by atoms with E-state index in [0.717, 1.165) is 5.56 Å². The fourth-order valence-corrected chi connectivity index (χ4v) is 3.05. The van der Waals surface area contributed by atoms with E-state index in [4.69, 9.17) is 19.3 Å². The van der Waals surface area contributed by atoms with Gasteiger partial charge in [-0.1, -0.05) is 6.07 Å². The zero-order valence-electron chi connectivity index (χ0n) is 14.0. The van der Waals surface area contributed by atoms with Gasteiger partial charge in [0.1, 0.15) is 23.5 Å². The van der Waals surface area contributed by atoms with Gasteiger partial charge in [-0.05, 0) is 32.9 Å². The van der Waals surface area contributed by atoms with E-state index < -0.39 is 23.2 Å². The lowest BCUT2D eigenvalue weighted by Crippen LogP contribution is -2.58. The number of carbonyl (C=O) groups is 2. The van der Waals surface area contributed by atoms with Crippen LogP contribution in [0.25, 0.3) is 0 Å². The first kappa shape index (κ1) is 16.6. The van der Waals surface area contributed by atoms with Crippen molar-refractivity contribution in [3.05, 3.63) is 29.3 Å². The molecular formula is C17H21NO6. The normalized spacial score (nSPS) is 22.9. The highest BCUT2D eigenvalue weighted by molar-refractivity contribution is 5.88. The van der Waals surface area contributed by atoms with Gasteiger partial charge in [-0.15, -0.1) is 0 Å². The lowest BCUT2D eigenvalue weighted by molar-refractivity contribution is -0.0833. The first-order valence-corrected chi connectivity index (χ1v) is 7.82. The predicted molar refractivity (Wildman–Crippen MR) is 84.3 cm³/mol. The van der Waals surface area contributed by atoms with Crippen LogP contribution in [0.3, 0.4) is 0 Å². The zero-order valence-corrected chi connectivity index (χ0v) is 14.0. The SMILES string of the molecule is CC(C)(C)OC(=O)N1CCOC[C@@]12COc1cc(C(=O)O)ccc12. The summed E-state index contributed by atoms with van der Waals surface area (Å²) in [5.74, 6) is -0.555. The average molecular weight is 335 g/mol. The molecule has 1 fully saturated rings. The molecule has 130 valence electrons. The zero-order chi connectivity index (χ0) is 17.5. The smallest absolute Gasteiger partial charge is 0.411 e. The number of carboxylic acid groups (broad SMARTS) is 1. The molecule has 1 spiro atoms. The molecule has 24 heavy (non-hydrogen) atoms. The van der Waals surface area contributed by atoms with Gasteiger partial charge >= 0.3 is 12.1 Å². The standard InChI is InChI=1S/C17H21NO6/c1-16(2,3)24-15(21)18-6-7-22-9-17(18)10-23-13-8-11(14(19)20)4-5-12(13)17/h4-5,8H,6-7,9-10H2,1-3H3,(H,19,20)/t17-/m0/s1. The Kier molecular flexibility index (Phi) is 3.91. The largest absolute Gasteiger partial charge is 0.490 e. The minimum atomic E-state index is -1.02. The van der Waals surface area contributed by atoms with Crippen molar-refractivity contribution in [1.29, 1.82) is 0 Å². The van der Waals surface area contributed by atoms with Crippen LogP contribution in [0.5, 0.6) is 5.75 Å². The Hall–Kier alpha value is -2.28. The molecule has 0 bridgehead atoms. The second kappa shape index (κ2) is 5.66. The molecule has 1 atom stereocenters. The van der Waals surface area contributed by atoms with Crippen LogP contribution in [0.15, 0.2) is 18.2 Å². The molecule has 0 aromatic heterocycles. The van der Waals surface area contributed by atoms with Gasteiger partial charge < -0.3 is 19.3 Å². The van der Waals surface area contributed by atoms with Crippen molar-refractivity contribution in [3.63, 3.8) is 0 Å². The summed E-state index contributed by atoms with van der Waals surface area (Å²) in [5.41, 5.74) is -0.497. The molecule has 1 aromatic rings. The number of ether oxygens (including phenoxy) is 3. The predicted octanol–water partition coefficient (Wildman–Crippen LogP) is 2.24. The van der Waals surface area contributed by atoms with Crippen molar-refractivity contribution >= 4 is 12.1 Å². The van der Waals surface area contributed by atoms with Crippen molar-refractivity contribution in [3.8, 4) is 5.75 Å². The number of morpholine rings is 1. The Morgan fingerprint density at radius 2 is 2.04 bits per heavy atom. The Bertz CT molecular complexity index is 680. The molecule has 7 nitrogen and oxygen atoms in total. The van der Waals surface area contributed by atoms with Gasteiger partial charge in [0.15, 0.2) is 0 Å². The summed E-state index contributed by atoms with van der Waals surface area (Å²) in [6, 6.07) is 4.69. The third-order valence-electron chi connectivity index (χ3n) is 4.13. The van der Waals surface area contributed by atoms with Gasteiger partial charge in [-0.25, -0.2) is 9.59 Å². The van der Waals surface area contributed by atoms with Crippen molar-refractivity contribution in [2.75, 3.05) is 26.4 Å². The molecule has 0 saturated carbocycles. The molecule has 0 aliphatic carbocycles. The number of aromatic carboxylic acids is 1. The Balaban J connectivity index is 1.97. The molecule has 1 saturated heterocycles. The van der Waals surface area contributed by atoms with Crippen LogP contribution in [0.1, 0.15) is 36.7 Å². The Morgan fingerprint density at radius 1 is 1.29 bits per heavy atom. The molecule has 2 aliphatic heterocycles. The summed E-state index contributed by atoms with van der Waals surface area (Å²) in [4.78, 5) is 25.4. The number of hydrogen-bond acceptors (Lipinski definition) is 5. The maximum absolute atomic E-state index is 12.7. The fraction of sp³-hybridized carbons (Fsp3) is 0.529. The van der Waals surface area contributed by atoms with Crippen molar-refractivity contribution in [2.24, 2.45) is 0 Å². The monoisotopic (exact) mass is 335 g/mol. The molecule has 1 amide bonds. The summed E-state index contributed by atoms with van der Waals surface area (Å²) in [6.07, 6.45) is -0.426. The van der Waals surface area contributed by atoms with E-state index in [1.54, 1.807) is 11.0 Å². The quantitative estimate of drug-likeness (QED) is 0.847. The van der Waals surface area contributed by atoms with Gasteiger partial charge in [-0.2, -0.15) is 0 Å². The van der Waals surface area contributed by atoms with Gasteiger partial charge in [0, 0.05) is 12.1 Å². The van der Waals surface area contributed by atoms with Crippen LogP contribution >= 0.6 is 0 Å². The van der Waals surface area contributed by atoms with Gasteiger partial charge in [-0.3, -0.25) is 4.90 Å². The van der Waals surface area contributed by atoms with Crippen molar-refractivity contribution in [2.45, 2.75) is 31.9 Å². The van der Waals surface area contributed by atoms with E-state index in [-0.39, 0.29) is 18.8 Å². The van der Waals surface area contributed by atoms with Crippen molar-refractivity contribution < 1.29 is 28.9 Å². The molecule has 1 aromatic carbocycles. The Labute approximate surface area is 140 Å². The number of hydrogen-bond donors (Lipinski definition) is 1. The summed E-state index contributed by atoms with van der Waals surface area (Å²) < 4.78 is 16.8. The molecule has 1 N–H and O–H groups in total. The number of benzene rings is 1. The van der Waals surface area contributed by atoms with Crippen LogP contribution < -0.4 is 4.74 Å². The summed E-state index contributed by atoms with van der Waals surface area (Å²) in [7, 11) is 0. The van der Waals surface area contributed by atoms with E-state index in [1.165, 1.54) is 12.1 Å². The first-order valence-electron chi connectivity index (χ1n) is 7.82. The number of nitrogens with zero attached hydrogens (tertiary/aromatic N) is 1. The lowest BCUT2D eigenvalue weighted by Gasteiger charge is -2.43. The van der Waals surface area contributed by atoms with Crippen LogP contribution in [0, 0.1) is 0 Å². The minimum Gasteiger partial charge on any atom is -0.490 e. The molecule has 2 heterocycles. The summed E-state index contributed by atoms with van der Waals surface area (Å²) >= 11 is 0. The molecule has 3 rings (SSSR count). The van der Waals surface area contributed by atoms with Gasteiger partial charge in [0.2, 0.25) is 0 Å².